The molecule has 0 spiro atoms. The van der Waals surface area contributed by atoms with Crippen molar-refractivity contribution >= 4 is 0 Å². The summed E-state index contributed by atoms with van der Waals surface area (Å²) in [4.78, 5) is 8.30. The molecule has 2 heterocycles. The zero-order valence-corrected chi connectivity index (χ0v) is 9.13. The van der Waals surface area contributed by atoms with Gasteiger partial charge in [0.15, 0.2) is 0 Å². The third-order valence-electron chi connectivity index (χ3n) is 2.53. The average Bonchev–Trinajstić information content (AvgIpc) is 2.38. The maximum atomic E-state index is 5.53. The molecule has 0 aromatic carbocycles. The zero-order valence-electron chi connectivity index (χ0n) is 9.13. The van der Waals surface area contributed by atoms with Crippen LogP contribution in [0.15, 0.2) is 43.0 Å². The number of rotatable bonds is 4. The lowest BCUT2D eigenvalue weighted by Gasteiger charge is -2.07. The third kappa shape index (κ3) is 2.44. The molecule has 0 fully saturated rings. The van der Waals surface area contributed by atoms with Crippen molar-refractivity contribution in [3.05, 3.63) is 48.5 Å². The van der Waals surface area contributed by atoms with Gasteiger partial charge in [-0.05, 0) is 42.6 Å². The molecule has 0 aliphatic heterocycles. The van der Waals surface area contributed by atoms with Crippen LogP contribution in [0.3, 0.4) is 0 Å². The van der Waals surface area contributed by atoms with E-state index >= 15 is 0 Å². The number of pyridine rings is 2. The number of nitrogens with two attached hydrogens (primary N) is 1. The average molecular weight is 213 g/mol. The molecule has 2 rings (SSSR count). The van der Waals surface area contributed by atoms with E-state index in [-0.39, 0.29) is 0 Å². The van der Waals surface area contributed by atoms with Crippen molar-refractivity contribution in [3.63, 3.8) is 0 Å². The van der Waals surface area contributed by atoms with Gasteiger partial charge in [-0.25, -0.2) is 0 Å². The Balaban J connectivity index is 2.33. The summed E-state index contributed by atoms with van der Waals surface area (Å²) in [5.74, 6) is 0. The van der Waals surface area contributed by atoms with E-state index in [1.54, 1.807) is 6.20 Å². The van der Waals surface area contributed by atoms with Crippen LogP contribution in [0.25, 0.3) is 11.1 Å². The van der Waals surface area contributed by atoms with Crippen LogP contribution in [0.1, 0.15) is 12.0 Å². The van der Waals surface area contributed by atoms with Gasteiger partial charge in [-0.1, -0.05) is 6.07 Å². The molecule has 0 aliphatic rings. The standard InChI is InChI=1S/C13H15N3/c14-6-1-3-11-10-16-8-5-13(11)12-4-2-7-15-9-12/h2,4-5,7-10H,1,3,6,14H2. The van der Waals surface area contributed by atoms with E-state index in [1.807, 2.05) is 30.7 Å². The lowest BCUT2D eigenvalue weighted by atomic mass is 10.0. The summed E-state index contributed by atoms with van der Waals surface area (Å²) < 4.78 is 0. The summed E-state index contributed by atoms with van der Waals surface area (Å²) in [6.07, 6.45) is 9.34. The van der Waals surface area contributed by atoms with E-state index in [9.17, 15) is 0 Å². The highest BCUT2D eigenvalue weighted by Gasteiger charge is 2.04. The Kier molecular flexibility index (Phi) is 3.62. The number of hydrogen-bond acceptors (Lipinski definition) is 3. The third-order valence-corrected chi connectivity index (χ3v) is 2.53. The predicted molar refractivity (Wildman–Crippen MR) is 64.8 cm³/mol. The first-order valence-electron chi connectivity index (χ1n) is 5.45. The Labute approximate surface area is 95.4 Å². The minimum Gasteiger partial charge on any atom is -0.330 e. The van der Waals surface area contributed by atoms with Crippen molar-refractivity contribution in [1.29, 1.82) is 0 Å². The van der Waals surface area contributed by atoms with E-state index < -0.39 is 0 Å². The van der Waals surface area contributed by atoms with Gasteiger partial charge >= 0.3 is 0 Å². The highest BCUT2D eigenvalue weighted by Crippen LogP contribution is 2.22. The molecule has 0 saturated carbocycles. The van der Waals surface area contributed by atoms with Gasteiger partial charge < -0.3 is 5.73 Å². The van der Waals surface area contributed by atoms with E-state index in [2.05, 4.69) is 16.0 Å². The summed E-state index contributed by atoms with van der Waals surface area (Å²) in [6, 6.07) is 6.04. The largest absolute Gasteiger partial charge is 0.330 e. The van der Waals surface area contributed by atoms with Crippen LogP contribution in [0.5, 0.6) is 0 Å². The molecule has 3 nitrogen and oxygen atoms in total. The second kappa shape index (κ2) is 5.37. The number of hydrogen-bond donors (Lipinski definition) is 1. The fourth-order valence-corrected chi connectivity index (χ4v) is 1.72. The zero-order chi connectivity index (χ0) is 11.2. The minimum atomic E-state index is 0.710. The monoisotopic (exact) mass is 213 g/mol. The van der Waals surface area contributed by atoms with Crippen LogP contribution in [0.2, 0.25) is 0 Å². The number of nitrogens with zero attached hydrogens (tertiary/aromatic N) is 2. The molecule has 0 aliphatic carbocycles. The Morgan fingerprint density at radius 2 is 1.94 bits per heavy atom. The molecule has 2 aromatic heterocycles. The summed E-state index contributed by atoms with van der Waals surface area (Å²) in [5.41, 5.74) is 9.11. The van der Waals surface area contributed by atoms with E-state index in [1.165, 1.54) is 11.1 Å². The van der Waals surface area contributed by atoms with Gasteiger partial charge in [0.25, 0.3) is 0 Å². The Hall–Kier alpha value is -1.74. The van der Waals surface area contributed by atoms with Crippen LogP contribution in [0.4, 0.5) is 0 Å². The van der Waals surface area contributed by atoms with Crippen molar-refractivity contribution in [3.8, 4) is 11.1 Å². The molecule has 3 heteroatoms. The first kappa shape index (κ1) is 10.8. The minimum absolute atomic E-state index is 0.710. The molecular formula is C13H15N3. The van der Waals surface area contributed by atoms with E-state index in [0.29, 0.717) is 6.54 Å². The molecule has 0 unspecified atom stereocenters. The molecular weight excluding hydrogens is 198 g/mol. The normalized spacial score (nSPS) is 10.3. The lowest BCUT2D eigenvalue weighted by molar-refractivity contribution is 0.830. The first-order chi connectivity index (χ1) is 7.92. The highest BCUT2D eigenvalue weighted by molar-refractivity contribution is 5.65. The molecule has 0 saturated heterocycles. The summed E-state index contributed by atoms with van der Waals surface area (Å²) in [6.45, 7) is 0.710. The van der Waals surface area contributed by atoms with Gasteiger partial charge in [-0.2, -0.15) is 0 Å². The van der Waals surface area contributed by atoms with Gasteiger partial charge in [0.05, 0.1) is 0 Å². The molecule has 2 aromatic rings. The second-order valence-electron chi connectivity index (χ2n) is 3.67. The Morgan fingerprint density at radius 1 is 1.06 bits per heavy atom. The van der Waals surface area contributed by atoms with Crippen LogP contribution in [0, 0.1) is 0 Å². The maximum absolute atomic E-state index is 5.53. The highest BCUT2D eigenvalue weighted by atomic mass is 14.6. The van der Waals surface area contributed by atoms with Gasteiger partial charge in [0, 0.05) is 30.4 Å². The van der Waals surface area contributed by atoms with Crippen molar-refractivity contribution in [2.45, 2.75) is 12.8 Å². The van der Waals surface area contributed by atoms with Crippen LogP contribution < -0.4 is 5.73 Å². The number of aromatic nitrogens is 2. The topological polar surface area (TPSA) is 51.8 Å². The maximum Gasteiger partial charge on any atom is 0.0346 e. The van der Waals surface area contributed by atoms with Crippen molar-refractivity contribution in [2.24, 2.45) is 5.73 Å². The molecule has 0 radical (unpaired) electrons. The molecule has 0 bridgehead atoms. The SMILES string of the molecule is NCCCc1cnccc1-c1cccnc1. The van der Waals surface area contributed by atoms with Crippen molar-refractivity contribution < 1.29 is 0 Å². The summed E-state index contributed by atoms with van der Waals surface area (Å²) in [7, 11) is 0. The molecule has 0 amide bonds. The van der Waals surface area contributed by atoms with Crippen LogP contribution >= 0.6 is 0 Å². The van der Waals surface area contributed by atoms with Crippen LogP contribution in [-0.2, 0) is 6.42 Å². The van der Waals surface area contributed by atoms with Gasteiger partial charge in [-0.3, -0.25) is 9.97 Å². The van der Waals surface area contributed by atoms with Crippen LogP contribution in [-0.4, -0.2) is 16.5 Å². The fourth-order valence-electron chi connectivity index (χ4n) is 1.72. The quantitative estimate of drug-likeness (QED) is 0.845. The molecule has 2 N–H and O–H groups in total. The van der Waals surface area contributed by atoms with Gasteiger partial charge in [0.1, 0.15) is 0 Å². The van der Waals surface area contributed by atoms with Gasteiger partial charge in [-0.15, -0.1) is 0 Å². The van der Waals surface area contributed by atoms with E-state index in [4.69, 9.17) is 5.73 Å². The predicted octanol–water partition coefficient (Wildman–Crippen LogP) is 2.03. The summed E-state index contributed by atoms with van der Waals surface area (Å²) >= 11 is 0. The van der Waals surface area contributed by atoms with Crippen molar-refractivity contribution in [2.75, 3.05) is 6.54 Å². The number of aryl methyl sites for hydroxylation is 1. The first-order valence-corrected chi connectivity index (χ1v) is 5.45. The molecule has 16 heavy (non-hydrogen) atoms. The molecule has 0 atom stereocenters. The lowest BCUT2D eigenvalue weighted by Crippen LogP contribution is -2.01. The van der Waals surface area contributed by atoms with E-state index in [0.717, 1.165) is 18.4 Å². The van der Waals surface area contributed by atoms with Crippen molar-refractivity contribution in [1.82, 2.24) is 9.97 Å². The fraction of sp³-hybridized carbons (Fsp3) is 0.231. The Bertz CT molecular complexity index is 440. The Morgan fingerprint density at radius 3 is 2.69 bits per heavy atom. The van der Waals surface area contributed by atoms with Gasteiger partial charge in [0.2, 0.25) is 0 Å². The summed E-state index contributed by atoms with van der Waals surface area (Å²) in [5, 5.41) is 0. The second-order valence-corrected chi connectivity index (χ2v) is 3.67. The molecule has 82 valence electrons. The smallest absolute Gasteiger partial charge is 0.0346 e.